The zero-order valence-corrected chi connectivity index (χ0v) is 12.3. The third-order valence-corrected chi connectivity index (χ3v) is 3.39. The molecule has 2 aromatic heterocycles. The van der Waals surface area contributed by atoms with Crippen molar-refractivity contribution in [1.82, 2.24) is 14.6 Å². The summed E-state index contributed by atoms with van der Waals surface area (Å²) in [5, 5.41) is 8.28. The largest absolute Gasteiger partial charge is 0.286 e. The third-order valence-electron chi connectivity index (χ3n) is 3.39. The van der Waals surface area contributed by atoms with Crippen LogP contribution < -0.4 is 0 Å². The van der Waals surface area contributed by atoms with Gasteiger partial charge in [-0.2, -0.15) is 0 Å². The van der Waals surface area contributed by atoms with Crippen LogP contribution in [0.5, 0.6) is 0 Å². The van der Waals surface area contributed by atoms with Crippen LogP contribution in [0.4, 0.5) is 8.78 Å². The number of hydrogen-bond donors (Lipinski definition) is 0. The molecule has 0 aliphatic carbocycles. The topological polar surface area (TPSA) is 30.2 Å². The Morgan fingerprint density at radius 2 is 1.86 bits per heavy atom. The quantitative estimate of drug-likeness (QED) is 0.721. The lowest BCUT2D eigenvalue weighted by Crippen LogP contribution is -1.97. The molecule has 0 spiro atoms. The lowest BCUT2D eigenvalue weighted by Gasteiger charge is -2.03. The molecular formula is C17H15F2N3. The van der Waals surface area contributed by atoms with E-state index >= 15 is 0 Å². The molecule has 0 aliphatic rings. The van der Waals surface area contributed by atoms with Crippen molar-refractivity contribution in [3.8, 4) is 0 Å². The standard InChI is InChI=1S/C17H15F2N3/c1-11(2)17-21-20-16-8-4-12(10-22(16)17)3-5-13-6-7-14(18)9-15(13)19/h3-11H,1-2H3/b5-3-. The Morgan fingerprint density at radius 1 is 1.05 bits per heavy atom. The first-order valence-corrected chi connectivity index (χ1v) is 7.02. The highest BCUT2D eigenvalue weighted by Gasteiger charge is 2.08. The van der Waals surface area contributed by atoms with Crippen molar-refractivity contribution in [3.63, 3.8) is 0 Å². The molecule has 0 saturated heterocycles. The normalized spacial score (nSPS) is 11.9. The first-order chi connectivity index (χ1) is 10.5. The van der Waals surface area contributed by atoms with Crippen LogP contribution in [0.15, 0.2) is 36.5 Å². The molecule has 3 rings (SSSR count). The minimum absolute atomic E-state index is 0.253. The molecule has 3 nitrogen and oxygen atoms in total. The number of halogens is 2. The van der Waals surface area contributed by atoms with Crippen LogP contribution in [0.2, 0.25) is 0 Å². The summed E-state index contributed by atoms with van der Waals surface area (Å²) in [6.07, 6.45) is 5.30. The Kier molecular flexibility index (Phi) is 3.71. The van der Waals surface area contributed by atoms with E-state index in [0.717, 1.165) is 23.1 Å². The predicted octanol–water partition coefficient (Wildman–Crippen LogP) is 4.30. The third kappa shape index (κ3) is 2.74. The van der Waals surface area contributed by atoms with Crippen LogP contribution in [0.3, 0.4) is 0 Å². The van der Waals surface area contributed by atoms with Crippen molar-refractivity contribution in [1.29, 1.82) is 0 Å². The molecule has 2 heterocycles. The molecule has 0 unspecified atom stereocenters. The van der Waals surface area contributed by atoms with E-state index in [1.165, 1.54) is 12.1 Å². The first-order valence-electron chi connectivity index (χ1n) is 7.02. The minimum Gasteiger partial charge on any atom is -0.286 e. The van der Waals surface area contributed by atoms with E-state index in [4.69, 9.17) is 0 Å². The fourth-order valence-corrected chi connectivity index (χ4v) is 2.24. The summed E-state index contributed by atoms with van der Waals surface area (Å²) in [6.45, 7) is 4.10. The van der Waals surface area contributed by atoms with Crippen molar-refractivity contribution in [3.05, 3.63) is 65.1 Å². The van der Waals surface area contributed by atoms with Crippen molar-refractivity contribution in [2.24, 2.45) is 0 Å². The maximum Gasteiger partial charge on any atom is 0.160 e. The van der Waals surface area contributed by atoms with Crippen LogP contribution in [-0.2, 0) is 0 Å². The van der Waals surface area contributed by atoms with Crippen LogP contribution in [0.1, 0.15) is 36.7 Å². The molecule has 0 aliphatic heterocycles. The Hall–Kier alpha value is -2.56. The molecule has 1 aromatic carbocycles. The van der Waals surface area contributed by atoms with Crippen LogP contribution in [-0.4, -0.2) is 14.6 Å². The molecular weight excluding hydrogens is 284 g/mol. The highest BCUT2D eigenvalue weighted by Crippen LogP contribution is 2.17. The summed E-state index contributed by atoms with van der Waals surface area (Å²) in [4.78, 5) is 0. The molecule has 0 radical (unpaired) electrons. The van der Waals surface area contributed by atoms with Crippen LogP contribution in [0.25, 0.3) is 17.8 Å². The summed E-state index contributed by atoms with van der Waals surface area (Å²) in [5.74, 6) is -0.0337. The zero-order valence-electron chi connectivity index (χ0n) is 12.3. The van der Waals surface area contributed by atoms with Gasteiger partial charge in [0.2, 0.25) is 0 Å². The number of hydrogen-bond acceptors (Lipinski definition) is 2. The van der Waals surface area contributed by atoms with Gasteiger partial charge in [0.15, 0.2) is 5.65 Å². The van der Waals surface area contributed by atoms with E-state index in [1.54, 1.807) is 12.2 Å². The lowest BCUT2D eigenvalue weighted by atomic mass is 10.1. The van der Waals surface area contributed by atoms with Gasteiger partial charge >= 0.3 is 0 Å². The Morgan fingerprint density at radius 3 is 2.59 bits per heavy atom. The van der Waals surface area contributed by atoms with E-state index in [2.05, 4.69) is 10.2 Å². The lowest BCUT2D eigenvalue weighted by molar-refractivity contribution is 0.581. The van der Waals surface area contributed by atoms with Gasteiger partial charge < -0.3 is 0 Å². The minimum atomic E-state index is -0.581. The molecule has 0 N–H and O–H groups in total. The van der Waals surface area contributed by atoms with Gasteiger partial charge in [0, 0.05) is 23.7 Å². The molecule has 3 aromatic rings. The maximum atomic E-state index is 13.6. The van der Waals surface area contributed by atoms with Gasteiger partial charge in [0.1, 0.15) is 17.5 Å². The van der Waals surface area contributed by atoms with Gasteiger partial charge in [-0.25, -0.2) is 8.78 Å². The Balaban J connectivity index is 1.96. The number of rotatable bonds is 3. The average Bonchev–Trinajstić information content (AvgIpc) is 2.89. The van der Waals surface area contributed by atoms with E-state index in [9.17, 15) is 8.78 Å². The molecule has 0 atom stereocenters. The number of aromatic nitrogens is 3. The Bertz CT molecular complexity index is 850. The van der Waals surface area contributed by atoms with Crippen molar-refractivity contribution >= 4 is 17.8 Å². The van der Waals surface area contributed by atoms with Gasteiger partial charge in [0.05, 0.1) is 0 Å². The predicted molar refractivity (Wildman–Crippen MR) is 82.4 cm³/mol. The van der Waals surface area contributed by atoms with Gasteiger partial charge in [-0.3, -0.25) is 4.40 Å². The monoisotopic (exact) mass is 299 g/mol. The van der Waals surface area contributed by atoms with Gasteiger partial charge in [-0.1, -0.05) is 26.0 Å². The van der Waals surface area contributed by atoms with Crippen molar-refractivity contribution < 1.29 is 8.78 Å². The first kappa shape index (κ1) is 14.4. The number of fused-ring (bicyclic) bond motifs is 1. The number of pyridine rings is 1. The molecule has 5 heteroatoms. The molecule has 22 heavy (non-hydrogen) atoms. The second-order valence-electron chi connectivity index (χ2n) is 5.40. The van der Waals surface area contributed by atoms with Crippen molar-refractivity contribution in [2.75, 3.05) is 0 Å². The summed E-state index contributed by atoms with van der Waals surface area (Å²) in [7, 11) is 0. The van der Waals surface area contributed by atoms with Crippen LogP contribution >= 0.6 is 0 Å². The molecule has 0 fully saturated rings. The number of benzene rings is 1. The fourth-order valence-electron chi connectivity index (χ4n) is 2.24. The highest BCUT2D eigenvalue weighted by molar-refractivity contribution is 5.70. The Labute approximate surface area is 126 Å². The SMILES string of the molecule is CC(C)c1nnc2ccc(/C=C\c3ccc(F)cc3F)cn12. The van der Waals surface area contributed by atoms with E-state index in [-0.39, 0.29) is 5.92 Å². The molecule has 112 valence electrons. The summed E-state index contributed by atoms with van der Waals surface area (Å²) in [6, 6.07) is 7.27. The van der Waals surface area contributed by atoms with E-state index < -0.39 is 11.6 Å². The maximum absolute atomic E-state index is 13.6. The molecule has 0 amide bonds. The second-order valence-corrected chi connectivity index (χ2v) is 5.40. The van der Waals surface area contributed by atoms with E-state index in [1.807, 2.05) is 36.6 Å². The molecule has 0 saturated carbocycles. The van der Waals surface area contributed by atoms with Gasteiger partial charge in [0.25, 0.3) is 0 Å². The van der Waals surface area contributed by atoms with E-state index in [0.29, 0.717) is 5.56 Å². The van der Waals surface area contributed by atoms with Crippen molar-refractivity contribution in [2.45, 2.75) is 19.8 Å². The smallest absolute Gasteiger partial charge is 0.160 e. The second kappa shape index (κ2) is 5.67. The average molecular weight is 299 g/mol. The molecule has 0 bridgehead atoms. The summed E-state index contributed by atoms with van der Waals surface area (Å²) >= 11 is 0. The van der Waals surface area contributed by atoms with Crippen LogP contribution in [0, 0.1) is 11.6 Å². The van der Waals surface area contributed by atoms with Gasteiger partial charge in [-0.15, -0.1) is 10.2 Å². The number of nitrogens with zero attached hydrogens (tertiary/aromatic N) is 3. The summed E-state index contributed by atoms with van der Waals surface area (Å²) < 4.78 is 28.4. The highest BCUT2D eigenvalue weighted by atomic mass is 19.1. The van der Waals surface area contributed by atoms with Gasteiger partial charge in [-0.05, 0) is 29.8 Å². The zero-order chi connectivity index (χ0) is 15.7. The summed E-state index contributed by atoms with van der Waals surface area (Å²) in [5.41, 5.74) is 2.00. The fraction of sp³-hybridized carbons (Fsp3) is 0.176.